The molecule has 0 aliphatic heterocycles. The summed E-state index contributed by atoms with van der Waals surface area (Å²) in [6.07, 6.45) is 10.3. The average Bonchev–Trinajstić information content (AvgIpc) is 3.25. The maximum Gasteiger partial charge on any atom is 0.320 e. The second kappa shape index (κ2) is 11.0. The fraction of sp³-hybridized carbons (Fsp3) is 0.429. The third-order valence-electron chi connectivity index (χ3n) is 4.98. The van der Waals surface area contributed by atoms with Crippen molar-refractivity contribution >= 4 is 44.8 Å². The molecule has 2 aromatic rings. The van der Waals surface area contributed by atoms with E-state index in [2.05, 4.69) is 30.1 Å². The van der Waals surface area contributed by atoms with Crippen LogP contribution in [0.5, 0.6) is 0 Å². The second-order valence-electron chi connectivity index (χ2n) is 7.62. The topological polar surface area (TPSA) is 146 Å². The summed E-state index contributed by atoms with van der Waals surface area (Å²) in [5, 5.41) is 16.5. The zero-order chi connectivity index (χ0) is 23.0. The van der Waals surface area contributed by atoms with Crippen molar-refractivity contribution in [2.75, 3.05) is 24.7 Å². The van der Waals surface area contributed by atoms with Crippen molar-refractivity contribution in [2.24, 2.45) is 0 Å². The summed E-state index contributed by atoms with van der Waals surface area (Å²) in [5.74, 6) is 0.427. The molecule has 172 valence electrons. The van der Waals surface area contributed by atoms with Crippen LogP contribution in [0.2, 0.25) is 0 Å². The summed E-state index contributed by atoms with van der Waals surface area (Å²) in [4.78, 5) is 21.1. The van der Waals surface area contributed by atoms with Crippen molar-refractivity contribution in [3.8, 4) is 0 Å². The number of carbonyl (C=O) groups excluding carboxylic acids is 1. The van der Waals surface area contributed by atoms with Gasteiger partial charge < -0.3 is 16.0 Å². The molecule has 11 heteroatoms. The normalized spacial score (nSPS) is 15.0. The number of anilines is 1. The van der Waals surface area contributed by atoms with Crippen molar-refractivity contribution < 1.29 is 17.4 Å². The van der Waals surface area contributed by atoms with Gasteiger partial charge in [-0.15, -0.1) is 0 Å². The lowest BCUT2D eigenvalue weighted by Crippen LogP contribution is -2.36. The van der Waals surface area contributed by atoms with Crippen LogP contribution in [-0.4, -0.2) is 56.1 Å². The largest absolute Gasteiger partial charge is 0.390 e. The molecule has 1 aliphatic rings. The first-order valence-corrected chi connectivity index (χ1v) is 12.3. The van der Waals surface area contributed by atoms with Gasteiger partial charge in [-0.05, 0) is 37.5 Å². The fourth-order valence-corrected chi connectivity index (χ4v) is 3.84. The zero-order valence-electron chi connectivity index (χ0n) is 17.9. The van der Waals surface area contributed by atoms with Gasteiger partial charge in [0.1, 0.15) is 5.82 Å². The van der Waals surface area contributed by atoms with E-state index in [1.54, 1.807) is 30.6 Å². The van der Waals surface area contributed by atoms with E-state index in [0.717, 1.165) is 31.9 Å². The van der Waals surface area contributed by atoms with Crippen LogP contribution in [0.4, 0.5) is 10.6 Å². The average molecular weight is 461 g/mol. The summed E-state index contributed by atoms with van der Waals surface area (Å²) in [5.41, 5.74) is 2.54. The van der Waals surface area contributed by atoms with Crippen LogP contribution in [0.15, 0.2) is 30.6 Å². The number of allylic oxidation sites excluding steroid dienone is 1. The van der Waals surface area contributed by atoms with Crippen LogP contribution >= 0.6 is 0 Å². The van der Waals surface area contributed by atoms with Crippen LogP contribution in [0.25, 0.3) is 16.6 Å². The molecule has 3 rings (SSSR count). The molecule has 0 unspecified atom stereocenters. The Balaban J connectivity index is 1.62. The Morgan fingerprint density at radius 1 is 1.28 bits per heavy atom. The van der Waals surface area contributed by atoms with Gasteiger partial charge in [-0.2, -0.15) is 8.42 Å². The molecule has 1 aliphatic carbocycles. The van der Waals surface area contributed by atoms with Gasteiger partial charge in [-0.25, -0.2) is 9.78 Å². The Labute approximate surface area is 187 Å². The smallest absolute Gasteiger partial charge is 0.320 e. The van der Waals surface area contributed by atoms with E-state index >= 15 is 0 Å². The second-order valence-corrected chi connectivity index (χ2v) is 9.26. The summed E-state index contributed by atoms with van der Waals surface area (Å²) in [6, 6.07) is 5.24. The number of rotatable bonds is 10. The standard InChI is InChI=1S/C21H28N6O4S/c1-32(29,30)31-10-4-9-23-13-16(12-22)15-11-19-18(24-14-15)7-8-20(26-19)27-21(28)25-17-5-2-3-6-17/h7-8,11-14,17,22-23H,2-6,9-10H2,1H3,(H2,25,26,27,28)/b16-13+,22-12?. The summed E-state index contributed by atoms with van der Waals surface area (Å²) < 4.78 is 26.6. The van der Waals surface area contributed by atoms with Crippen LogP contribution in [-0.2, 0) is 14.3 Å². The molecule has 0 saturated heterocycles. The number of nitrogens with one attached hydrogen (secondary N) is 4. The molecule has 0 spiro atoms. The number of fused-ring (bicyclic) bond motifs is 1. The molecular formula is C21H28N6O4S. The van der Waals surface area contributed by atoms with Gasteiger partial charge in [0, 0.05) is 42.3 Å². The molecule has 0 atom stereocenters. The number of hydrogen-bond acceptors (Lipinski definition) is 8. The molecule has 2 heterocycles. The number of aromatic nitrogens is 2. The van der Waals surface area contributed by atoms with Crippen molar-refractivity contribution in [3.05, 3.63) is 36.2 Å². The van der Waals surface area contributed by atoms with Gasteiger partial charge in [0.25, 0.3) is 10.1 Å². The van der Waals surface area contributed by atoms with Gasteiger partial charge in [-0.1, -0.05) is 12.8 Å². The highest BCUT2D eigenvalue weighted by Gasteiger charge is 2.17. The number of nitrogens with zero attached hydrogens (tertiary/aromatic N) is 2. The summed E-state index contributed by atoms with van der Waals surface area (Å²) in [7, 11) is -3.44. The van der Waals surface area contributed by atoms with Gasteiger partial charge in [-0.3, -0.25) is 14.5 Å². The lowest BCUT2D eigenvalue weighted by molar-refractivity contribution is 0.248. The van der Waals surface area contributed by atoms with Crippen molar-refractivity contribution in [3.63, 3.8) is 0 Å². The predicted molar refractivity (Wildman–Crippen MR) is 124 cm³/mol. The van der Waals surface area contributed by atoms with Crippen LogP contribution in [0.3, 0.4) is 0 Å². The van der Waals surface area contributed by atoms with Crippen molar-refractivity contribution in [2.45, 2.75) is 38.1 Å². The highest BCUT2D eigenvalue weighted by atomic mass is 32.2. The van der Waals surface area contributed by atoms with Gasteiger partial charge in [0.2, 0.25) is 0 Å². The number of urea groups is 1. The van der Waals surface area contributed by atoms with Crippen LogP contribution < -0.4 is 16.0 Å². The first-order valence-electron chi connectivity index (χ1n) is 10.5. The number of amides is 2. The first kappa shape index (κ1) is 23.6. The molecular weight excluding hydrogens is 432 g/mol. The SMILES string of the molecule is CS(=O)(=O)OCCCN/C=C(\C=N)c1cnc2ccc(NC(=O)NC3CCCC3)nc2c1. The van der Waals surface area contributed by atoms with E-state index in [4.69, 9.17) is 5.41 Å². The number of hydrogen-bond donors (Lipinski definition) is 4. The number of pyridine rings is 2. The monoisotopic (exact) mass is 460 g/mol. The highest BCUT2D eigenvalue weighted by molar-refractivity contribution is 7.85. The minimum Gasteiger partial charge on any atom is -0.390 e. The van der Waals surface area contributed by atoms with E-state index in [1.165, 1.54) is 6.21 Å². The fourth-order valence-electron chi connectivity index (χ4n) is 3.42. The van der Waals surface area contributed by atoms with Gasteiger partial charge in [0.15, 0.2) is 0 Å². The predicted octanol–water partition coefficient (Wildman–Crippen LogP) is 2.64. The maximum atomic E-state index is 12.2. The molecule has 32 heavy (non-hydrogen) atoms. The molecule has 0 bridgehead atoms. The number of carbonyl (C=O) groups is 1. The van der Waals surface area contributed by atoms with Gasteiger partial charge in [0.05, 0.1) is 23.9 Å². The van der Waals surface area contributed by atoms with Gasteiger partial charge >= 0.3 is 6.03 Å². The van der Waals surface area contributed by atoms with Crippen molar-refractivity contribution in [1.82, 2.24) is 20.6 Å². The molecule has 4 N–H and O–H groups in total. The Kier molecular flexibility index (Phi) is 8.12. The molecule has 10 nitrogen and oxygen atoms in total. The Hall–Kier alpha value is -3.05. The first-order chi connectivity index (χ1) is 15.3. The maximum absolute atomic E-state index is 12.2. The Morgan fingerprint density at radius 3 is 2.78 bits per heavy atom. The van der Waals surface area contributed by atoms with E-state index in [9.17, 15) is 13.2 Å². The quantitative estimate of drug-likeness (QED) is 0.242. The summed E-state index contributed by atoms with van der Waals surface area (Å²) in [6.45, 7) is 0.571. The lowest BCUT2D eigenvalue weighted by Gasteiger charge is -2.13. The molecule has 2 amide bonds. The lowest BCUT2D eigenvalue weighted by atomic mass is 10.1. The third kappa shape index (κ3) is 7.27. The minimum absolute atomic E-state index is 0.0884. The summed E-state index contributed by atoms with van der Waals surface area (Å²) >= 11 is 0. The highest BCUT2D eigenvalue weighted by Crippen LogP contribution is 2.20. The molecule has 1 fully saturated rings. The zero-order valence-corrected chi connectivity index (χ0v) is 18.7. The van der Waals surface area contributed by atoms with E-state index < -0.39 is 10.1 Å². The molecule has 0 aromatic carbocycles. The van der Waals surface area contributed by atoms with Crippen molar-refractivity contribution in [1.29, 1.82) is 5.41 Å². The van der Waals surface area contributed by atoms with Crippen LogP contribution in [0, 0.1) is 5.41 Å². The third-order valence-corrected chi connectivity index (χ3v) is 5.57. The van der Waals surface area contributed by atoms with E-state index in [0.29, 0.717) is 41.0 Å². The van der Waals surface area contributed by atoms with E-state index in [1.807, 2.05) is 0 Å². The minimum atomic E-state index is -3.44. The Morgan fingerprint density at radius 2 is 2.06 bits per heavy atom. The molecule has 0 radical (unpaired) electrons. The molecule has 1 saturated carbocycles. The van der Waals surface area contributed by atoms with E-state index in [-0.39, 0.29) is 18.7 Å². The molecule has 2 aromatic heterocycles. The van der Waals surface area contributed by atoms with Crippen LogP contribution in [0.1, 0.15) is 37.7 Å². The Bertz CT molecular complexity index is 1100.